The molecule has 3 rings (SSSR count). The fourth-order valence-electron chi connectivity index (χ4n) is 3.17. The first-order valence-electron chi connectivity index (χ1n) is 6.91. The van der Waals surface area contributed by atoms with Gasteiger partial charge in [-0.15, -0.1) is 0 Å². The molecule has 0 unspecified atom stereocenters. The van der Waals surface area contributed by atoms with Gasteiger partial charge >= 0.3 is 0 Å². The molecule has 0 aliphatic heterocycles. The summed E-state index contributed by atoms with van der Waals surface area (Å²) in [4.78, 5) is 0. The largest absolute Gasteiger partial charge is 0.313 e. The molecule has 2 atom stereocenters. The Morgan fingerprint density at radius 1 is 0.950 bits per heavy atom. The summed E-state index contributed by atoms with van der Waals surface area (Å²) in [5, 5.41) is 4.66. The minimum atomic E-state index is 0.408. The van der Waals surface area contributed by atoms with Crippen LogP contribution in [0.4, 0.5) is 0 Å². The van der Waals surface area contributed by atoms with Gasteiger partial charge in [0.15, 0.2) is 0 Å². The smallest absolute Gasteiger partial charge is 0.0595 e. The topological polar surface area (TPSA) is 12.0 Å². The van der Waals surface area contributed by atoms with Crippen molar-refractivity contribution in [3.8, 4) is 0 Å². The zero-order chi connectivity index (χ0) is 14.1. The van der Waals surface area contributed by atoms with E-state index in [1.54, 1.807) is 0 Å². The monoisotopic (exact) mass is 404 g/mol. The molecule has 2 aromatic rings. The first-order chi connectivity index (χ1) is 9.70. The maximum atomic E-state index is 6.17. The highest BCUT2D eigenvalue weighted by molar-refractivity contribution is 6.42. The molecule has 1 aliphatic carbocycles. The lowest BCUT2D eigenvalue weighted by molar-refractivity contribution is 0.471. The lowest BCUT2D eigenvalue weighted by Crippen LogP contribution is -2.24. The van der Waals surface area contributed by atoms with E-state index in [9.17, 15) is 0 Å². The first-order valence-corrected chi connectivity index (χ1v) is 7.67. The van der Waals surface area contributed by atoms with Gasteiger partial charge in [-0.05, 0) is 48.7 Å². The van der Waals surface area contributed by atoms with E-state index in [-0.39, 0.29) is 0 Å². The van der Waals surface area contributed by atoms with Crippen molar-refractivity contribution >= 4 is 23.2 Å². The number of rotatable bonds is 2. The number of hydrogen-bond acceptors (Lipinski definition) is 1. The summed E-state index contributed by atoms with van der Waals surface area (Å²) in [5.74, 6) is 0.408. The van der Waals surface area contributed by atoms with Gasteiger partial charge in [0.25, 0.3) is 0 Å². The van der Waals surface area contributed by atoms with Crippen LogP contribution in [0.5, 0.6) is 0 Å². The Balaban J connectivity index is 2.05. The van der Waals surface area contributed by atoms with E-state index in [4.69, 9.17) is 23.2 Å². The minimum Gasteiger partial charge on any atom is -0.313 e. The van der Waals surface area contributed by atoms with Gasteiger partial charge in [-0.3, -0.25) is 0 Å². The van der Waals surface area contributed by atoms with E-state index in [0.29, 0.717) is 22.0 Å². The molecule has 2 aromatic carbocycles. The Hall–Kier alpha value is -1.02. The molecule has 104 valence electrons. The molecule has 1 N–H and O–H groups in total. The van der Waals surface area contributed by atoms with Gasteiger partial charge < -0.3 is 5.32 Å². The fourth-order valence-corrected chi connectivity index (χ4v) is 3.47. The molecular formula is C17H17Cl2N. The molecule has 0 aromatic heterocycles. The van der Waals surface area contributed by atoms with E-state index in [1.807, 2.05) is 19.2 Å². The SMILES string of the molecule is [111CH3]N[C@H]1CC[C@@H](c2ccc(Cl)c(Cl)c2)c2ccccc21. The Kier molecular flexibility index (Phi) is 4.02. The van der Waals surface area contributed by atoms with Crippen molar-refractivity contribution in [1.82, 2.24) is 5.32 Å². The normalized spacial score (nSPS) is 21.6. The maximum Gasteiger partial charge on any atom is 0.0595 e. The Bertz CT molecular complexity index is 624. The van der Waals surface area contributed by atoms with Crippen molar-refractivity contribution in [2.75, 3.05) is 7.05 Å². The summed E-state index contributed by atoms with van der Waals surface area (Å²) in [6.45, 7) is 0. The minimum absolute atomic E-state index is 0.408. The molecule has 1 nitrogen and oxygen atoms in total. The third-order valence-electron chi connectivity index (χ3n) is 4.19. The number of nitrogens with one attached hydrogen (secondary N) is 1. The lowest BCUT2D eigenvalue weighted by atomic mass is 9.77. The van der Waals surface area contributed by atoms with Gasteiger partial charge in [0.05, 0.1) is 10.0 Å². The Labute approximate surface area is 129 Å². The van der Waals surface area contributed by atoms with Gasteiger partial charge in [0, 0.05) is 12.0 Å². The predicted molar refractivity (Wildman–Crippen MR) is 85.8 cm³/mol. The van der Waals surface area contributed by atoms with E-state index >= 15 is 0 Å². The first kappa shape index (κ1) is 13.9. The van der Waals surface area contributed by atoms with Crippen LogP contribution in [0.3, 0.4) is 0 Å². The van der Waals surface area contributed by atoms with Crippen LogP contribution in [-0.4, -0.2) is 7.05 Å². The van der Waals surface area contributed by atoms with Crippen molar-refractivity contribution in [3.05, 3.63) is 69.2 Å². The molecule has 0 saturated heterocycles. The summed E-state index contributed by atoms with van der Waals surface area (Å²) in [6.07, 6.45) is 2.26. The van der Waals surface area contributed by atoms with Gasteiger partial charge in [0.1, 0.15) is 0 Å². The summed E-state index contributed by atoms with van der Waals surface area (Å²) < 4.78 is 0. The highest BCUT2D eigenvalue weighted by Gasteiger charge is 2.27. The van der Waals surface area contributed by atoms with E-state index in [0.717, 1.165) is 12.8 Å². The highest BCUT2D eigenvalue weighted by Crippen LogP contribution is 2.42. The van der Waals surface area contributed by atoms with Gasteiger partial charge in [-0.1, -0.05) is 53.5 Å². The molecule has 1 aliphatic rings. The fraction of sp³-hybridized carbons (Fsp3) is 0.294. The highest BCUT2D eigenvalue weighted by atomic mass is 111. The second-order valence-electron chi connectivity index (χ2n) is 5.27. The average Bonchev–Trinajstić information content (AvgIpc) is 2.49. The van der Waals surface area contributed by atoms with Crippen molar-refractivity contribution in [2.24, 2.45) is 0 Å². The van der Waals surface area contributed by atoms with Crippen LogP contribution < -0.4 is 5.32 Å². The summed E-state index contributed by atoms with van der Waals surface area (Å²) >= 11 is 12.2. The lowest BCUT2D eigenvalue weighted by Gasteiger charge is -2.32. The van der Waals surface area contributed by atoms with E-state index in [2.05, 4.69) is 35.6 Å². The van der Waals surface area contributed by atoms with Crippen molar-refractivity contribution in [2.45, 2.75) is 24.8 Å². The number of fused-ring (bicyclic) bond motifs is 1. The number of halogens is 2. The van der Waals surface area contributed by atoms with Crippen molar-refractivity contribution in [3.63, 3.8) is 0 Å². The standard InChI is InChI=1S/C17H17Cl2N/c1-20-17-9-7-12(13-4-2-3-5-14(13)17)11-6-8-15(18)16(19)10-11/h2-6,8,10,12,17,20H,7,9H2,1H3/t12-,17-/m0/s1/i1+99. The molecular weight excluding hydrogens is 388 g/mol. The van der Waals surface area contributed by atoms with Gasteiger partial charge in [0.2, 0.25) is 0 Å². The van der Waals surface area contributed by atoms with Crippen LogP contribution in [0.25, 0.3) is 0 Å². The van der Waals surface area contributed by atoms with Crippen molar-refractivity contribution < 1.29 is 0 Å². The van der Waals surface area contributed by atoms with E-state index in [1.165, 1.54) is 16.7 Å². The van der Waals surface area contributed by atoms with Crippen LogP contribution in [0, 0.1) is 0 Å². The van der Waals surface area contributed by atoms with Crippen LogP contribution in [-0.2, 0) is 0 Å². The molecule has 0 spiro atoms. The summed E-state index contributed by atoms with van der Waals surface area (Å²) in [7, 11) is 2.03. The zero-order valence-electron chi connectivity index (χ0n) is 11.4. The predicted octanol–water partition coefficient (Wildman–Crippen LogP) is 5.18. The second kappa shape index (κ2) is 5.77. The van der Waals surface area contributed by atoms with Crippen LogP contribution in [0.2, 0.25) is 10.0 Å². The summed E-state index contributed by atoms with van der Waals surface area (Å²) in [6, 6.07) is 15.1. The van der Waals surface area contributed by atoms with Crippen molar-refractivity contribution in [1.29, 1.82) is 0 Å². The summed E-state index contributed by atoms with van der Waals surface area (Å²) in [5.41, 5.74) is 4.05. The average molecular weight is 405 g/mol. The zero-order valence-corrected chi connectivity index (χ0v) is 12.9. The molecule has 3 heteroatoms. The molecule has 0 heterocycles. The third kappa shape index (κ3) is 2.46. The molecule has 0 saturated carbocycles. The molecule has 0 fully saturated rings. The second-order valence-corrected chi connectivity index (χ2v) is 6.09. The number of benzene rings is 2. The third-order valence-corrected chi connectivity index (χ3v) is 4.92. The quantitative estimate of drug-likeness (QED) is 0.726. The van der Waals surface area contributed by atoms with Crippen LogP contribution in [0.1, 0.15) is 41.5 Å². The van der Waals surface area contributed by atoms with Crippen LogP contribution in [0.15, 0.2) is 42.5 Å². The number of hydrogen-bond donors (Lipinski definition) is 1. The van der Waals surface area contributed by atoms with Gasteiger partial charge in [-0.25, -0.2) is 0 Å². The van der Waals surface area contributed by atoms with Gasteiger partial charge in [-0.2, -0.15) is 0 Å². The van der Waals surface area contributed by atoms with Crippen LogP contribution >= 0.6 is 23.2 Å². The Morgan fingerprint density at radius 2 is 1.70 bits per heavy atom. The Morgan fingerprint density at radius 3 is 2.40 bits per heavy atom. The molecule has 0 radical (unpaired) electrons. The molecule has 20 heavy (non-hydrogen) atoms. The molecule has 0 amide bonds. The molecule has 0 bridgehead atoms. The maximum absolute atomic E-state index is 6.17. The van der Waals surface area contributed by atoms with E-state index < -0.39 is 0 Å².